The minimum atomic E-state index is -1.69. The Morgan fingerprint density at radius 1 is 1.19 bits per heavy atom. The standard InChI is InChI=1S/C17H27NO2Si/c1-17(2,3)21(4,5)20-11-10-18-12-14(13-19)15-8-6-7-9-16(15)18/h6-9,12,19H,10-11,13H2,1-5H3. The summed E-state index contributed by atoms with van der Waals surface area (Å²) >= 11 is 0. The topological polar surface area (TPSA) is 34.4 Å². The Morgan fingerprint density at radius 2 is 1.86 bits per heavy atom. The largest absolute Gasteiger partial charge is 0.415 e. The number of fused-ring (bicyclic) bond motifs is 1. The summed E-state index contributed by atoms with van der Waals surface area (Å²) in [4.78, 5) is 0. The zero-order valence-electron chi connectivity index (χ0n) is 13.8. The molecule has 2 rings (SSSR count). The minimum Gasteiger partial charge on any atom is -0.415 e. The molecule has 0 aliphatic heterocycles. The predicted molar refractivity (Wildman–Crippen MR) is 91.0 cm³/mol. The van der Waals surface area contributed by atoms with E-state index in [1.807, 2.05) is 18.3 Å². The van der Waals surface area contributed by atoms with E-state index in [-0.39, 0.29) is 11.6 Å². The van der Waals surface area contributed by atoms with Gasteiger partial charge in [0.1, 0.15) is 0 Å². The lowest BCUT2D eigenvalue weighted by Gasteiger charge is -2.36. The van der Waals surface area contributed by atoms with Crippen molar-refractivity contribution in [3.63, 3.8) is 0 Å². The van der Waals surface area contributed by atoms with E-state index in [1.54, 1.807) is 0 Å². The Morgan fingerprint density at radius 3 is 2.48 bits per heavy atom. The van der Waals surface area contributed by atoms with Crippen LogP contribution in [-0.4, -0.2) is 24.6 Å². The van der Waals surface area contributed by atoms with Gasteiger partial charge in [0.25, 0.3) is 0 Å². The lowest BCUT2D eigenvalue weighted by Crippen LogP contribution is -2.41. The number of nitrogens with zero attached hydrogens (tertiary/aromatic N) is 1. The van der Waals surface area contributed by atoms with Crippen LogP contribution in [0, 0.1) is 0 Å². The Labute approximate surface area is 128 Å². The summed E-state index contributed by atoms with van der Waals surface area (Å²) in [5.74, 6) is 0. The van der Waals surface area contributed by atoms with Gasteiger partial charge in [0.15, 0.2) is 8.32 Å². The SMILES string of the molecule is CC(C)(C)[Si](C)(C)OCCn1cc(CO)c2ccccc21. The van der Waals surface area contributed by atoms with Gasteiger partial charge in [-0.1, -0.05) is 39.0 Å². The average Bonchev–Trinajstić information content (AvgIpc) is 2.76. The molecule has 0 unspecified atom stereocenters. The fourth-order valence-corrected chi connectivity index (χ4v) is 3.28. The van der Waals surface area contributed by atoms with Crippen LogP contribution in [0.25, 0.3) is 10.9 Å². The molecule has 0 fully saturated rings. The van der Waals surface area contributed by atoms with Gasteiger partial charge in [-0.25, -0.2) is 0 Å². The maximum absolute atomic E-state index is 9.47. The van der Waals surface area contributed by atoms with Crippen LogP contribution in [0.2, 0.25) is 18.1 Å². The van der Waals surface area contributed by atoms with Crippen molar-refractivity contribution in [3.8, 4) is 0 Å². The Hall–Kier alpha value is -1.10. The van der Waals surface area contributed by atoms with Gasteiger partial charge in [0.2, 0.25) is 0 Å². The first-order chi connectivity index (χ1) is 9.76. The molecule has 4 heteroatoms. The minimum absolute atomic E-state index is 0.0800. The highest BCUT2D eigenvalue weighted by Crippen LogP contribution is 2.36. The van der Waals surface area contributed by atoms with Crippen molar-refractivity contribution < 1.29 is 9.53 Å². The summed E-state index contributed by atoms with van der Waals surface area (Å²) in [5.41, 5.74) is 2.15. The molecule has 0 spiro atoms. The van der Waals surface area contributed by atoms with Crippen molar-refractivity contribution >= 4 is 19.2 Å². The molecule has 0 atom stereocenters. The van der Waals surface area contributed by atoms with Crippen LogP contribution in [0.5, 0.6) is 0 Å². The van der Waals surface area contributed by atoms with Crippen LogP contribution in [-0.2, 0) is 17.6 Å². The van der Waals surface area contributed by atoms with Gasteiger partial charge >= 0.3 is 0 Å². The highest BCUT2D eigenvalue weighted by molar-refractivity contribution is 6.74. The van der Waals surface area contributed by atoms with Gasteiger partial charge in [0.05, 0.1) is 13.2 Å². The number of hydrogen-bond donors (Lipinski definition) is 1. The molecule has 3 nitrogen and oxygen atoms in total. The first kappa shape index (κ1) is 16.3. The summed E-state index contributed by atoms with van der Waals surface area (Å²) in [7, 11) is -1.69. The fraction of sp³-hybridized carbons (Fsp3) is 0.529. The summed E-state index contributed by atoms with van der Waals surface area (Å²) in [5, 5.41) is 10.8. The molecule has 0 radical (unpaired) electrons. The number of benzene rings is 1. The van der Waals surface area contributed by atoms with Crippen LogP contribution in [0.3, 0.4) is 0 Å². The zero-order chi connectivity index (χ0) is 15.7. The van der Waals surface area contributed by atoms with E-state index in [0.717, 1.165) is 24.1 Å². The van der Waals surface area contributed by atoms with Crippen molar-refractivity contribution in [1.82, 2.24) is 4.57 Å². The van der Waals surface area contributed by atoms with Crippen molar-refractivity contribution in [2.75, 3.05) is 6.61 Å². The molecule has 0 saturated heterocycles. The Kier molecular flexibility index (Phi) is 4.61. The summed E-state index contributed by atoms with van der Waals surface area (Å²) < 4.78 is 8.43. The van der Waals surface area contributed by atoms with Gasteiger partial charge in [-0.2, -0.15) is 0 Å². The molecule has 0 bridgehead atoms. The van der Waals surface area contributed by atoms with Crippen molar-refractivity contribution in [1.29, 1.82) is 0 Å². The van der Waals surface area contributed by atoms with Crippen molar-refractivity contribution in [2.24, 2.45) is 0 Å². The molecular weight excluding hydrogens is 278 g/mol. The van der Waals surface area contributed by atoms with Gasteiger partial charge in [0, 0.05) is 29.2 Å². The third kappa shape index (κ3) is 3.39. The van der Waals surface area contributed by atoms with Crippen LogP contribution < -0.4 is 0 Å². The number of aliphatic hydroxyl groups is 1. The molecule has 1 N–H and O–H groups in total. The molecule has 1 aromatic carbocycles. The first-order valence-corrected chi connectivity index (χ1v) is 10.5. The second-order valence-corrected chi connectivity index (χ2v) is 11.9. The average molecular weight is 305 g/mol. The summed E-state index contributed by atoms with van der Waals surface area (Å²) in [6.07, 6.45) is 2.04. The second-order valence-electron chi connectivity index (χ2n) is 7.13. The van der Waals surface area contributed by atoms with E-state index in [1.165, 1.54) is 5.52 Å². The number of rotatable bonds is 5. The van der Waals surface area contributed by atoms with E-state index < -0.39 is 8.32 Å². The molecule has 0 amide bonds. The number of aromatic nitrogens is 1. The number of aliphatic hydroxyl groups excluding tert-OH is 1. The van der Waals surface area contributed by atoms with E-state index in [4.69, 9.17) is 4.43 Å². The second kappa shape index (κ2) is 5.95. The zero-order valence-corrected chi connectivity index (χ0v) is 14.8. The predicted octanol–water partition coefficient (Wildman–Crippen LogP) is 4.16. The van der Waals surface area contributed by atoms with Crippen LogP contribution >= 0.6 is 0 Å². The van der Waals surface area contributed by atoms with Crippen molar-refractivity contribution in [3.05, 3.63) is 36.0 Å². The molecule has 116 valence electrons. The third-order valence-corrected chi connectivity index (χ3v) is 9.18. The molecule has 21 heavy (non-hydrogen) atoms. The van der Waals surface area contributed by atoms with E-state index in [0.29, 0.717) is 0 Å². The molecule has 0 saturated carbocycles. The summed E-state index contributed by atoms with van der Waals surface area (Å²) in [6.45, 7) is 13.0. The number of para-hydroxylation sites is 1. The molecule has 0 aliphatic rings. The number of hydrogen-bond acceptors (Lipinski definition) is 2. The highest BCUT2D eigenvalue weighted by Gasteiger charge is 2.36. The maximum Gasteiger partial charge on any atom is 0.192 e. The molecule has 2 aromatic rings. The fourth-order valence-electron chi connectivity index (χ4n) is 2.25. The molecule has 1 aromatic heterocycles. The van der Waals surface area contributed by atoms with Crippen LogP contribution in [0.1, 0.15) is 26.3 Å². The highest BCUT2D eigenvalue weighted by atomic mass is 28.4. The maximum atomic E-state index is 9.47. The monoisotopic (exact) mass is 305 g/mol. The van der Waals surface area contributed by atoms with Crippen LogP contribution in [0.15, 0.2) is 30.5 Å². The quantitative estimate of drug-likeness (QED) is 0.842. The third-order valence-electron chi connectivity index (χ3n) is 4.64. The smallest absolute Gasteiger partial charge is 0.192 e. The summed E-state index contributed by atoms with van der Waals surface area (Å²) in [6, 6.07) is 8.21. The Bertz CT molecular complexity index is 611. The normalized spacial score (nSPS) is 13.0. The molecular formula is C17H27NO2Si. The van der Waals surface area contributed by atoms with Gasteiger partial charge in [-0.3, -0.25) is 0 Å². The van der Waals surface area contributed by atoms with Gasteiger partial charge in [-0.05, 0) is 24.2 Å². The van der Waals surface area contributed by atoms with Crippen molar-refractivity contribution in [2.45, 2.75) is 52.1 Å². The molecule has 1 heterocycles. The first-order valence-electron chi connectivity index (χ1n) is 7.58. The Balaban J connectivity index is 2.11. The van der Waals surface area contributed by atoms with E-state index in [9.17, 15) is 5.11 Å². The van der Waals surface area contributed by atoms with E-state index >= 15 is 0 Å². The lowest BCUT2D eigenvalue weighted by molar-refractivity contribution is 0.271. The van der Waals surface area contributed by atoms with Gasteiger partial charge in [-0.15, -0.1) is 0 Å². The van der Waals surface area contributed by atoms with Gasteiger partial charge < -0.3 is 14.1 Å². The lowest BCUT2D eigenvalue weighted by atomic mass is 10.2. The van der Waals surface area contributed by atoms with Crippen LogP contribution in [0.4, 0.5) is 0 Å². The van der Waals surface area contributed by atoms with E-state index in [2.05, 4.69) is 50.6 Å². The molecule has 0 aliphatic carbocycles.